The minimum atomic E-state index is -1.03. The predicted octanol–water partition coefficient (Wildman–Crippen LogP) is 2.28. The highest BCUT2D eigenvalue weighted by molar-refractivity contribution is 9.10. The van der Waals surface area contributed by atoms with Crippen molar-refractivity contribution in [3.05, 3.63) is 33.8 Å². The zero-order valence-electron chi connectivity index (χ0n) is 10.4. The quantitative estimate of drug-likeness (QED) is 0.876. The van der Waals surface area contributed by atoms with E-state index in [1.807, 2.05) is 25.1 Å². The van der Waals surface area contributed by atoms with Crippen molar-refractivity contribution in [1.82, 2.24) is 5.32 Å². The summed E-state index contributed by atoms with van der Waals surface area (Å²) in [5, 5.41) is 11.1. The Morgan fingerprint density at radius 3 is 2.67 bits per heavy atom. The SMILES string of the molecule is Cc1cc(CCC(=O)NC(C)C(=O)O)ccc1Br. The lowest BCUT2D eigenvalue weighted by atomic mass is 10.1. The second-order valence-electron chi connectivity index (χ2n) is 4.21. The van der Waals surface area contributed by atoms with Crippen LogP contribution < -0.4 is 5.32 Å². The molecule has 0 aliphatic rings. The van der Waals surface area contributed by atoms with Gasteiger partial charge in [0.2, 0.25) is 5.91 Å². The van der Waals surface area contributed by atoms with Crippen molar-refractivity contribution in [2.45, 2.75) is 32.7 Å². The van der Waals surface area contributed by atoms with Gasteiger partial charge in [0.15, 0.2) is 0 Å². The van der Waals surface area contributed by atoms with Crippen LogP contribution in [0.15, 0.2) is 22.7 Å². The second kappa shape index (κ2) is 6.54. The van der Waals surface area contributed by atoms with Crippen molar-refractivity contribution in [3.8, 4) is 0 Å². The van der Waals surface area contributed by atoms with E-state index in [-0.39, 0.29) is 5.91 Å². The first-order valence-corrected chi connectivity index (χ1v) is 6.46. The van der Waals surface area contributed by atoms with Crippen LogP contribution in [0.4, 0.5) is 0 Å². The summed E-state index contributed by atoms with van der Waals surface area (Å²) < 4.78 is 1.04. The smallest absolute Gasteiger partial charge is 0.325 e. The second-order valence-corrected chi connectivity index (χ2v) is 5.07. The molecule has 5 heteroatoms. The third-order valence-corrected chi connectivity index (χ3v) is 3.50. The van der Waals surface area contributed by atoms with Crippen molar-refractivity contribution >= 4 is 27.8 Å². The first-order valence-electron chi connectivity index (χ1n) is 5.67. The van der Waals surface area contributed by atoms with Crippen LogP contribution in [0.1, 0.15) is 24.5 Å². The van der Waals surface area contributed by atoms with E-state index in [1.165, 1.54) is 6.92 Å². The van der Waals surface area contributed by atoms with Crippen molar-refractivity contribution in [1.29, 1.82) is 0 Å². The number of rotatable bonds is 5. The fraction of sp³-hybridized carbons (Fsp3) is 0.385. The lowest BCUT2D eigenvalue weighted by Crippen LogP contribution is -2.38. The van der Waals surface area contributed by atoms with Gasteiger partial charge < -0.3 is 10.4 Å². The molecule has 0 saturated heterocycles. The first-order chi connectivity index (χ1) is 8.40. The molecule has 0 heterocycles. The molecule has 98 valence electrons. The Morgan fingerprint density at radius 1 is 1.44 bits per heavy atom. The van der Waals surface area contributed by atoms with E-state index in [9.17, 15) is 9.59 Å². The lowest BCUT2D eigenvalue weighted by Gasteiger charge is -2.09. The summed E-state index contributed by atoms with van der Waals surface area (Å²) >= 11 is 3.41. The number of carbonyl (C=O) groups is 2. The molecule has 0 spiro atoms. The van der Waals surface area contributed by atoms with Crippen LogP contribution in [0.2, 0.25) is 0 Å². The fourth-order valence-corrected chi connectivity index (χ4v) is 1.74. The zero-order valence-corrected chi connectivity index (χ0v) is 12.0. The number of hydrogen-bond donors (Lipinski definition) is 2. The summed E-state index contributed by atoms with van der Waals surface area (Å²) in [6.45, 7) is 3.43. The van der Waals surface area contributed by atoms with Crippen molar-refractivity contribution in [3.63, 3.8) is 0 Å². The molecule has 1 amide bonds. The molecule has 1 aromatic carbocycles. The number of aryl methyl sites for hydroxylation is 2. The van der Waals surface area contributed by atoms with Crippen molar-refractivity contribution in [2.75, 3.05) is 0 Å². The first kappa shape index (κ1) is 14.7. The van der Waals surface area contributed by atoms with Crippen LogP contribution in [0.25, 0.3) is 0 Å². The third kappa shape index (κ3) is 4.49. The molecule has 0 aliphatic heterocycles. The van der Waals surface area contributed by atoms with Crippen LogP contribution in [0.3, 0.4) is 0 Å². The Hall–Kier alpha value is -1.36. The molecular formula is C13H16BrNO3. The molecular weight excluding hydrogens is 298 g/mol. The summed E-state index contributed by atoms with van der Waals surface area (Å²) in [7, 11) is 0. The normalized spacial score (nSPS) is 11.9. The highest BCUT2D eigenvalue weighted by Crippen LogP contribution is 2.17. The molecule has 1 unspecified atom stereocenters. The van der Waals surface area contributed by atoms with Crippen LogP contribution in [-0.4, -0.2) is 23.0 Å². The molecule has 1 rings (SSSR count). The summed E-state index contributed by atoms with van der Waals surface area (Å²) in [6, 6.07) is 5.06. The van der Waals surface area contributed by atoms with Gasteiger partial charge in [-0.2, -0.15) is 0 Å². The highest BCUT2D eigenvalue weighted by Gasteiger charge is 2.13. The zero-order chi connectivity index (χ0) is 13.7. The maximum atomic E-state index is 11.5. The molecule has 0 fully saturated rings. The number of halogens is 1. The summed E-state index contributed by atoms with van der Waals surface area (Å²) in [4.78, 5) is 22.1. The maximum Gasteiger partial charge on any atom is 0.325 e. The summed E-state index contributed by atoms with van der Waals surface area (Å²) in [5.74, 6) is -1.27. The van der Waals surface area contributed by atoms with E-state index in [1.54, 1.807) is 0 Å². The minimum absolute atomic E-state index is 0.245. The molecule has 0 bridgehead atoms. The molecule has 4 nitrogen and oxygen atoms in total. The number of nitrogens with one attached hydrogen (secondary N) is 1. The Balaban J connectivity index is 2.47. The fourth-order valence-electron chi connectivity index (χ4n) is 1.50. The maximum absolute atomic E-state index is 11.5. The highest BCUT2D eigenvalue weighted by atomic mass is 79.9. The van der Waals surface area contributed by atoms with Gasteiger partial charge in [-0.15, -0.1) is 0 Å². The Bertz CT molecular complexity index is 460. The monoisotopic (exact) mass is 313 g/mol. The van der Waals surface area contributed by atoms with Gasteiger partial charge in [-0.05, 0) is 37.5 Å². The third-order valence-electron chi connectivity index (χ3n) is 2.61. The number of amides is 1. The Morgan fingerprint density at radius 2 is 2.11 bits per heavy atom. The van der Waals surface area contributed by atoms with Gasteiger partial charge in [-0.3, -0.25) is 9.59 Å². The standard InChI is InChI=1S/C13H16BrNO3/c1-8-7-10(3-5-11(8)14)4-6-12(16)15-9(2)13(17)18/h3,5,7,9H,4,6H2,1-2H3,(H,15,16)(H,17,18). The van der Waals surface area contributed by atoms with Crippen LogP contribution in [0.5, 0.6) is 0 Å². The number of carbonyl (C=O) groups excluding carboxylic acids is 1. The van der Waals surface area contributed by atoms with Crippen LogP contribution >= 0.6 is 15.9 Å². The van der Waals surface area contributed by atoms with Crippen LogP contribution in [0, 0.1) is 6.92 Å². The Labute approximate surface area is 115 Å². The molecule has 0 aliphatic carbocycles. The molecule has 1 atom stereocenters. The minimum Gasteiger partial charge on any atom is -0.480 e. The van der Waals surface area contributed by atoms with Crippen molar-refractivity contribution < 1.29 is 14.7 Å². The number of carboxylic acids is 1. The van der Waals surface area contributed by atoms with Crippen LogP contribution in [-0.2, 0) is 16.0 Å². The van der Waals surface area contributed by atoms with Crippen molar-refractivity contribution in [2.24, 2.45) is 0 Å². The summed E-state index contributed by atoms with van der Waals surface area (Å²) in [5.41, 5.74) is 2.18. The van der Waals surface area contributed by atoms with Gasteiger partial charge in [-0.1, -0.05) is 28.1 Å². The molecule has 2 N–H and O–H groups in total. The van der Waals surface area contributed by atoms with E-state index in [0.29, 0.717) is 12.8 Å². The summed E-state index contributed by atoms with van der Waals surface area (Å²) in [6.07, 6.45) is 0.894. The van der Waals surface area contributed by atoms with Gasteiger partial charge in [0.05, 0.1) is 0 Å². The number of carboxylic acid groups (broad SMARTS) is 1. The van der Waals surface area contributed by atoms with E-state index >= 15 is 0 Å². The molecule has 18 heavy (non-hydrogen) atoms. The van der Waals surface area contributed by atoms with Gasteiger partial charge in [0.25, 0.3) is 0 Å². The van der Waals surface area contributed by atoms with Gasteiger partial charge in [0.1, 0.15) is 6.04 Å². The topological polar surface area (TPSA) is 66.4 Å². The number of benzene rings is 1. The van der Waals surface area contributed by atoms with E-state index in [4.69, 9.17) is 5.11 Å². The largest absolute Gasteiger partial charge is 0.480 e. The molecule has 0 radical (unpaired) electrons. The van der Waals surface area contributed by atoms with E-state index in [2.05, 4.69) is 21.2 Å². The number of aliphatic carboxylic acids is 1. The lowest BCUT2D eigenvalue weighted by molar-refractivity contribution is -0.141. The van der Waals surface area contributed by atoms with Gasteiger partial charge in [0, 0.05) is 10.9 Å². The van der Waals surface area contributed by atoms with Gasteiger partial charge in [-0.25, -0.2) is 0 Å². The van der Waals surface area contributed by atoms with E-state index in [0.717, 1.165) is 15.6 Å². The molecule has 0 aromatic heterocycles. The average molecular weight is 314 g/mol. The van der Waals surface area contributed by atoms with E-state index < -0.39 is 12.0 Å². The Kier molecular flexibility index (Phi) is 5.34. The van der Waals surface area contributed by atoms with Gasteiger partial charge >= 0.3 is 5.97 Å². The average Bonchev–Trinajstić information content (AvgIpc) is 2.30. The predicted molar refractivity (Wildman–Crippen MR) is 72.4 cm³/mol. The molecule has 0 saturated carbocycles. The molecule has 1 aromatic rings. The number of hydrogen-bond acceptors (Lipinski definition) is 2.